The van der Waals surface area contributed by atoms with Gasteiger partial charge in [0.15, 0.2) is 0 Å². The molecule has 5 aromatic carbocycles. The van der Waals surface area contributed by atoms with Crippen molar-refractivity contribution in [1.29, 1.82) is 0 Å². The van der Waals surface area contributed by atoms with Gasteiger partial charge in [-0.15, -0.1) is 11.6 Å². The maximum absolute atomic E-state index is 3.65. The van der Waals surface area contributed by atoms with E-state index in [9.17, 15) is 0 Å². The van der Waals surface area contributed by atoms with Gasteiger partial charge in [0.25, 0.3) is 0 Å². The average Bonchev–Trinajstić information content (AvgIpc) is 3.78. The van der Waals surface area contributed by atoms with Gasteiger partial charge < -0.3 is 24.8 Å². The Bertz CT molecular complexity index is 2040. The molecule has 8 rings (SSSR count). The van der Waals surface area contributed by atoms with E-state index < -0.39 is 0 Å². The quantitative estimate of drug-likeness (QED) is 0.172. The van der Waals surface area contributed by atoms with E-state index in [0.29, 0.717) is 5.41 Å². The topological polar surface area (TPSA) is 0 Å². The Labute approximate surface area is 347 Å². The molecule has 274 valence electrons. The van der Waals surface area contributed by atoms with Gasteiger partial charge in [0, 0.05) is 5.41 Å². The van der Waals surface area contributed by atoms with Crippen LogP contribution in [0, 0.1) is 13.0 Å². The maximum atomic E-state index is 3.65. The third-order valence-corrected chi connectivity index (χ3v) is 12.3. The Morgan fingerprint density at radius 2 is 1.23 bits per heavy atom. The van der Waals surface area contributed by atoms with Crippen LogP contribution >= 0.6 is 0 Å². The number of hydrogen-bond donors (Lipinski definition) is 0. The van der Waals surface area contributed by atoms with E-state index in [1.54, 1.807) is 0 Å². The number of rotatable bonds is 3. The standard InChI is InChI=1S/C25H25.C13H10.C12H19.2ClH.Zr/c1-14-12-24(3,4)22-8-16-7-17-9-23-19(15(2)13-25(23,5)6)11-21(17)20(16)10-18(14)22;1-3-7-12(8-4-1)11-13-9-5-2-6-10-13;1-6-10-7-9(2)8-11(10)12(3,4)5;;;/h8-12H,7H2,1-6H3;1-10H;7-8H,6H2,1-5H3;2*1H;/q-1;;-1;;;+2/p-2. The van der Waals surface area contributed by atoms with E-state index in [1.165, 1.54) is 111 Å². The van der Waals surface area contributed by atoms with Crippen molar-refractivity contribution in [1.82, 2.24) is 0 Å². The number of hydrogen-bond acceptors (Lipinski definition) is 0. The van der Waals surface area contributed by atoms with Crippen LogP contribution in [0.2, 0.25) is 0 Å². The van der Waals surface area contributed by atoms with Gasteiger partial charge in [-0.2, -0.15) is 28.3 Å². The van der Waals surface area contributed by atoms with Crippen LogP contribution < -0.4 is 24.8 Å². The molecule has 0 aliphatic heterocycles. The van der Waals surface area contributed by atoms with E-state index >= 15 is 0 Å². The summed E-state index contributed by atoms with van der Waals surface area (Å²) in [6.45, 7) is 24.9. The van der Waals surface area contributed by atoms with Crippen molar-refractivity contribution in [2.75, 3.05) is 0 Å². The molecule has 3 aliphatic carbocycles. The van der Waals surface area contributed by atoms with Crippen molar-refractivity contribution < 1.29 is 49.0 Å². The van der Waals surface area contributed by atoms with Crippen LogP contribution in [0.3, 0.4) is 0 Å². The molecular formula is C50H54Cl2Zr-2. The molecule has 0 aromatic heterocycles. The summed E-state index contributed by atoms with van der Waals surface area (Å²) in [6.07, 6.45) is 8.29. The van der Waals surface area contributed by atoms with E-state index in [4.69, 9.17) is 0 Å². The molecule has 0 saturated carbocycles. The molecule has 0 atom stereocenters. The second-order valence-electron chi connectivity index (χ2n) is 16.9. The zero-order valence-electron chi connectivity index (χ0n) is 33.5. The molecular weight excluding hydrogens is 763 g/mol. The molecule has 53 heavy (non-hydrogen) atoms. The van der Waals surface area contributed by atoms with E-state index in [-0.39, 0.29) is 35.6 Å². The first-order chi connectivity index (χ1) is 24.0. The first kappa shape index (κ1) is 42.8. The third-order valence-electron chi connectivity index (χ3n) is 10.9. The molecule has 0 spiro atoms. The predicted octanol–water partition coefficient (Wildman–Crippen LogP) is 6.83. The van der Waals surface area contributed by atoms with Crippen molar-refractivity contribution in [3.8, 4) is 11.1 Å². The van der Waals surface area contributed by atoms with Crippen molar-refractivity contribution >= 4 is 14.4 Å². The minimum absolute atomic E-state index is 0. The first-order valence-corrected chi connectivity index (χ1v) is 19.9. The molecule has 0 radical (unpaired) electrons. The van der Waals surface area contributed by atoms with Crippen LogP contribution in [0.5, 0.6) is 0 Å². The van der Waals surface area contributed by atoms with Crippen LogP contribution in [0.4, 0.5) is 0 Å². The Morgan fingerprint density at radius 1 is 0.717 bits per heavy atom. The van der Waals surface area contributed by atoms with Crippen molar-refractivity contribution in [2.45, 2.75) is 105 Å². The number of fused-ring (bicyclic) bond motifs is 5. The summed E-state index contributed by atoms with van der Waals surface area (Å²) in [4.78, 5) is 0. The second-order valence-corrected chi connectivity index (χ2v) is 18.1. The molecule has 0 unspecified atom stereocenters. The molecule has 0 nitrogen and oxygen atoms in total. The summed E-state index contributed by atoms with van der Waals surface area (Å²) >= 11 is 1.46. The number of benzene rings is 4. The Balaban J connectivity index is 0.000000192. The van der Waals surface area contributed by atoms with E-state index in [0.717, 1.165) is 12.8 Å². The van der Waals surface area contributed by atoms with Gasteiger partial charge in [0.1, 0.15) is 0 Å². The minimum atomic E-state index is 0. The van der Waals surface area contributed by atoms with Gasteiger partial charge in [0.2, 0.25) is 0 Å². The van der Waals surface area contributed by atoms with Crippen LogP contribution in [-0.2, 0) is 53.3 Å². The SMILES string of the molecule is CC1=[C-]C(C)(C)c2cc3c(cc21)-c1cc2c(cc1C3)C(C)(C)C=C2C.CCc1[cH-]c(C)cc1C(C)(C)C.[Cl-].[Cl-].[Zr+2]=[C](c1ccccc1)c1ccccc1. The molecule has 3 heteroatoms. The van der Waals surface area contributed by atoms with Crippen LogP contribution in [0.15, 0.2) is 103 Å². The van der Waals surface area contributed by atoms with Crippen molar-refractivity contribution in [3.63, 3.8) is 0 Å². The molecule has 0 bridgehead atoms. The van der Waals surface area contributed by atoms with Crippen LogP contribution in [-0.4, -0.2) is 3.21 Å². The Kier molecular flexibility index (Phi) is 13.2. The molecule has 0 amide bonds. The fourth-order valence-corrected chi connectivity index (χ4v) is 9.18. The van der Waals surface area contributed by atoms with Crippen LogP contribution in [0.25, 0.3) is 22.3 Å². The Hall–Kier alpha value is -2.96. The second kappa shape index (κ2) is 16.4. The fraction of sp³-hybridized carbons (Fsp3) is 0.320. The van der Waals surface area contributed by atoms with Gasteiger partial charge in [-0.1, -0.05) is 105 Å². The normalized spacial score (nSPS) is 15.0. The predicted molar refractivity (Wildman–Crippen MR) is 218 cm³/mol. The monoisotopic (exact) mass is 814 g/mol. The third kappa shape index (κ3) is 8.80. The van der Waals surface area contributed by atoms with Gasteiger partial charge in [-0.05, 0) is 58.4 Å². The summed E-state index contributed by atoms with van der Waals surface area (Å²) in [5.41, 5.74) is 21.9. The van der Waals surface area contributed by atoms with Crippen molar-refractivity contribution in [3.05, 3.63) is 170 Å². The van der Waals surface area contributed by atoms with Gasteiger partial charge in [0.05, 0.1) is 0 Å². The molecule has 3 aliphatic rings. The van der Waals surface area contributed by atoms with Gasteiger partial charge in [-0.25, -0.2) is 11.6 Å². The molecule has 0 N–H and O–H groups in total. The summed E-state index contributed by atoms with van der Waals surface area (Å²) in [7, 11) is 0. The van der Waals surface area contributed by atoms with E-state index in [1.807, 2.05) is 0 Å². The van der Waals surface area contributed by atoms with Crippen molar-refractivity contribution in [2.24, 2.45) is 0 Å². The number of aryl methyl sites for hydroxylation is 2. The molecule has 0 fully saturated rings. The average molecular weight is 817 g/mol. The molecule has 0 saturated heterocycles. The number of halogens is 2. The molecule has 0 heterocycles. The zero-order chi connectivity index (χ0) is 36.9. The first-order valence-electron chi connectivity index (χ1n) is 18.6. The summed E-state index contributed by atoms with van der Waals surface area (Å²) in [5.74, 6) is 0. The van der Waals surface area contributed by atoms with Crippen LogP contribution in [0.1, 0.15) is 130 Å². The number of allylic oxidation sites excluding steroid dienone is 4. The fourth-order valence-electron chi connectivity index (χ4n) is 8.36. The summed E-state index contributed by atoms with van der Waals surface area (Å²) < 4.78 is 1.42. The van der Waals surface area contributed by atoms with Gasteiger partial charge >= 0.3 is 99.2 Å². The van der Waals surface area contributed by atoms with Gasteiger partial charge in [-0.3, -0.25) is 6.08 Å². The summed E-state index contributed by atoms with van der Waals surface area (Å²) in [6, 6.07) is 35.5. The Morgan fingerprint density at radius 3 is 1.72 bits per heavy atom. The molecule has 5 aromatic rings. The zero-order valence-corrected chi connectivity index (χ0v) is 37.5. The summed E-state index contributed by atoms with van der Waals surface area (Å²) in [5, 5.41) is 0. The van der Waals surface area contributed by atoms with E-state index in [2.05, 4.69) is 185 Å².